The lowest BCUT2D eigenvalue weighted by atomic mass is 9.76. The summed E-state index contributed by atoms with van der Waals surface area (Å²) in [4.78, 5) is 18.4. The molecule has 1 aliphatic rings. The largest absolute Gasteiger partial charge is 0.345 e. The molecule has 0 spiro atoms. The minimum Gasteiger partial charge on any atom is -0.345 e. The first kappa shape index (κ1) is 21.4. The van der Waals surface area contributed by atoms with Crippen molar-refractivity contribution in [3.63, 3.8) is 0 Å². The van der Waals surface area contributed by atoms with E-state index < -0.39 is 0 Å². The molecule has 0 fully saturated rings. The van der Waals surface area contributed by atoms with E-state index in [-0.39, 0.29) is 11.9 Å². The number of nitrogens with one attached hydrogen (secondary N) is 1. The van der Waals surface area contributed by atoms with Crippen LogP contribution in [0.25, 0.3) is 22.3 Å². The van der Waals surface area contributed by atoms with Crippen molar-refractivity contribution >= 4 is 16.9 Å². The Hall–Kier alpha value is -3.48. The Bertz CT molecular complexity index is 1330. The zero-order valence-electron chi connectivity index (χ0n) is 19.9. The highest BCUT2D eigenvalue weighted by Gasteiger charge is 2.29. The molecule has 33 heavy (non-hydrogen) atoms. The summed E-state index contributed by atoms with van der Waals surface area (Å²) < 4.78 is 1.94. The second kappa shape index (κ2) is 7.83. The number of fused-ring (bicyclic) bond motifs is 2. The fraction of sp³-hybridized carbons (Fsp3) is 0.385. The summed E-state index contributed by atoms with van der Waals surface area (Å²) in [6.45, 7) is 6.72. The number of aromatic amines is 1. The average molecular weight is 443 g/mol. The molecular weight excluding hydrogens is 412 g/mol. The van der Waals surface area contributed by atoms with Crippen molar-refractivity contribution in [3.05, 3.63) is 65.1 Å². The number of hydrogen-bond donors (Lipinski definition) is 1. The maximum Gasteiger partial charge on any atom is 0.253 e. The van der Waals surface area contributed by atoms with Gasteiger partial charge in [0.2, 0.25) is 0 Å². The van der Waals surface area contributed by atoms with E-state index in [1.54, 1.807) is 19.0 Å². The lowest BCUT2D eigenvalue weighted by Crippen LogP contribution is -2.21. The molecule has 0 saturated carbocycles. The molecule has 1 aromatic carbocycles. The summed E-state index contributed by atoms with van der Waals surface area (Å²) in [5, 5.41) is 13.6. The van der Waals surface area contributed by atoms with Gasteiger partial charge in [-0.1, -0.05) is 26.0 Å². The van der Waals surface area contributed by atoms with Gasteiger partial charge in [-0.3, -0.25) is 14.6 Å². The van der Waals surface area contributed by atoms with E-state index in [1.165, 1.54) is 11.3 Å². The Labute approximate surface area is 193 Å². The average Bonchev–Trinajstić information content (AvgIpc) is 3.40. The molecule has 0 radical (unpaired) electrons. The van der Waals surface area contributed by atoms with Crippen LogP contribution in [-0.2, 0) is 12.8 Å². The molecule has 3 aromatic heterocycles. The minimum atomic E-state index is -0.000113. The monoisotopic (exact) mass is 442 g/mol. The van der Waals surface area contributed by atoms with Crippen molar-refractivity contribution in [2.75, 3.05) is 14.1 Å². The van der Waals surface area contributed by atoms with Crippen LogP contribution in [0.4, 0.5) is 0 Å². The number of pyridine rings is 1. The van der Waals surface area contributed by atoms with Crippen LogP contribution in [0, 0.1) is 5.41 Å². The van der Waals surface area contributed by atoms with E-state index in [0.29, 0.717) is 11.0 Å². The van der Waals surface area contributed by atoms with Crippen molar-refractivity contribution in [1.29, 1.82) is 0 Å². The highest BCUT2D eigenvalue weighted by atomic mass is 16.2. The number of rotatable bonds is 4. The Kier molecular flexibility index (Phi) is 5.07. The van der Waals surface area contributed by atoms with E-state index in [9.17, 15) is 4.79 Å². The van der Waals surface area contributed by atoms with Crippen LogP contribution >= 0.6 is 0 Å². The van der Waals surface area contributed by atoms with Gasteiger partial charge in [0.25, 0.3) is 5.91 Å². The van der Waals surface area contributed by atoms with Gasteiger partial charge in [-0.2, -0.15) is 10.2 Å². The van der Waals surface area contributed by atoms with Crippen molar-refractivity contribution in [3.8, 4) is 11.3 Å². The zero-order valence-corrected chi connectivity index (χ0v) is 19.9. The predicted octanol–water partition coefficient (Wildman–Crippen LogP) is 4.65. The Morgan fingerprint density at radius 2 is 1.97 bits per heavy atom. The minimum absolute atomic E-state index is 0.000113. The summed E-state index contributed by atoms with van der Waals surface area (Å²) in [6.07, 6.45) is 7.14. The van der Waals surface area contributed by atoms with Gasteiger partial charge in [0.05, 0.1) is 11.7 Å². The van der Waals surface area contributed by atoms with Gasteiger partial charge >= 0.3 is 0 Å². The molecule has 0 saturated heterocycles. The number of benzene rings is 1. The standard InChI is InChI=1S/C26H30N6O/c1-16(17-6-8-18(9-7-17)25(33)31(4)5)32-15-20-12-19(14-27-24(20)30-32)23-21-10-11-26(2,3)13-22(21)28-29-23/h6-9,12,14-16H,10-11,13H2,1-5H3,(H,28,29). The van der Waals surface area contributed by atoms with E-state index >= 15 is 0 Å². The highest BCUT2D eigenvalue weighted by molar-refractivity contribution is 5.93. The number of aromatic nitrogens is 5. The Balaban J connectivity index is 1.42. The SMILES string of the molecule is CC(c1ccc(C(=O)N(C)C)cc1)n1cc2cc(-c3n[nH]c4c3CCC(C)(C)C4)cnc2n1. The number of hydrogen-bond acceptors (Lipinski definition) is 4. The number of carbonyl (C=O) groups excluding carboxylic acids is 1. The summed E-state index contributed by atoms with van der Waals surface area (Å²) >= 11 is 0. The molecule has 7 heteroatoms. The van der Waals surface area contributed by atoms with Crippen LogP contribution < -0.4 is 0 Å². The molecule has 0 bridgehead atoms. The molecule has 170 valence electrons. The fourth-order valence-corrected chi connectivity index (χ4v) is 4.66. The number of amides is 1. The normalized spacial score (nSPS) is 15.9. The van der Waals surface area contributed by atoms with Gasteiger partial charge in [0.15, 0.2) is 5.65 Å². The first-order valence-electron chi connectivity index (χ1n) is 11.4. The summed E-state index contributed by atoms with van der Waals surface area (Å²) in [6, 6.07) is 9.87. The molecule has 1 aliphatic carbocycles. The van der Waals surface area contributed by atoms with Gasteiger partial charge in [0.1, 0.15) is 0 Å². The van der Waals surface area contributed by atoms with Crippen molar-refractivity contribution in [1.82, 2.24) is 29.9 Å². The summed E-state index contributed by atoms with van der Waals surface area (Å²) in [5.41, 5.74) is 7.41. The highest BCUT2D eigenvalue weighted by Crippen LogP contribution is 2.38. The lowest BCUT2D eigenvalue weighted by Gasteiger charge is -2.29. The molecule has 1 amide bonds. The van der Waals surface area contributed by atoms with Gasteiger partial charge < -0.3 is 4.90 Å². The molecule has 4 aromatic rings. The number of carbonyl (C=O) groups is 1. The van der Waals surface area contributed by atoms with E-state index in [4.69, 9.17) is 5.10 Å². The van der Waals surface area contributed by atoms with Gasteiger partial charge in [-0.15, -0.1) is 0 Å². The van der Waals surface area contributed by atoms with E-state index in [2.05, 4.69) is 42.0 Å². The van der Waals surface area contributed by atoms with E-state index in [0.717, 1.165) is 47.1 Å². The van der Waals surface area contributed by atoms with Crippen LogP contribution in [0.3, 0.4) is 0 Å². The first-order chi connectivity index (χ1) is 15.7. The lowest BCUT2D eigenvalue weighted by molar-refractivity contribution is 0.0827. The van der Waals surface area contributed by atoms with Gasteiger partial charge in [-0.25, -0.2) is 4.98 Å². The van der Waals surface area contributed by atoms with Crippen LogP contribution in [0.1, 0.15) is 60.4 Å². The maximum atomic E-state index is 12.2. The second-order valence-electron chi connectivity index (χ2n) is 10.1. The Morgan fingerprint density at radius 3 is 2.70 bits per heavy atom. The Morgan fingerprint density at radius 1 is 1.21 bits per heavy atom. The third-order valence-corrected chi connectivity index (χ3v) is 6.75. The molecule has 5 rings (SSSR count). The van der Waals surface area contributed by atoms with Crippen molar-refractivity contribution in [2.45, 2.75) is 46.1 Å². The molecule has 0 aliphatic heterocycles. The quantitative estimate of drug-likeness (QED) is 0.499. The van der Waals surface area contributed by atoms with Crippen LogP contribution in [0.15, 0.2) is 42.7 Å². The number of H-pyrrole nitrogens is 1. The molecule has 1 unspecified atom stereocenters. The fourth-order valence-electron chi connectivity index (χ4n) is 4.66. The van der Waals surface area contributed by atoms with Crippen LogP contribution in [0.5, 0.6) is 0 Å². The smallest absolute Gasteiger partial charge is 0.253 e. The molecular formula is C26H30N6O. The molecule has 1 N–H and O–H groups in total. The molecule has 1 atom stereocenters. The van der Waals surface area contributed by atoms with Gasteiger partial charge in [-0.05, 0) is 55.4 Å². The maximum absolute atomic E-state index is 12.2. The second-order valence-corrected chi connectivity index (χ2v) is 10.1. The summed E-state index contributed by atoms with van der Waals surface area (Å²) in [5.74, 6) is -0.000113. The number of nitrogens with zero attached hydrogens (tertiary/aromatic N) is 5. The first-order valence-corrected chi connectivity index (χ1v) is 11.4. The van der Waals surface area contributed by atoms with Crippen molar-refractivity contribution in [2.24, 2.45) is 5.41 Å². The zero-order chi connectivity index (χ0) is 23.3. The predicted molar refractivity (Wildman–Crippen MR) is 129 cm³/mol. The molecule has 3 heterocycles. The van der Waals surface area contributed by atoms with Crippen molar-refractivity contribution < 1.29 is 4.79 Å². The topological polar surface area (TPSA) is 79.7 Å². The summed E-state index contributed by atoms with van der Waals surface area (Å²) in [7, 11) is 3.52. The third kappa shape index (κ3) is 3.92. The van der Waals surface area contributed by atoms with E-state index in [1.807, 2.05) is 41.3 Å². The van der Waals surface area contributed by atoms with Crippen LogP contribution in [0.2, 0.25) is 0 Å². The molecule has 7 nitrogen and oxygen atoms in total. The van der Waals surface area contributed by atoms with Crippen LogP contribution in [-0.4, -0.2) is 49.9 Å². The third-order valence-electron chi connectivity index (χ3n) is 6.75. The van der Waals surface area contributed by atoms with Gasteiger partial charge in [0, 0.05) is 54.3 Å².